The maximum Gasteiger partial charge on any atom is 0.397 e. The summed E-state index contributed by atoms with van der Waals surface area (Å²) >= 11 is 11.8. The van der Waals surface area contributed by atoms with Crippen molar-refractivity contribution >= 4 is 58.3 Å². The first-order chi connectivity index (χ1) is 11.3. The Hall–Kier alpha value is -2.32. The van der Waals surface area contributed by atoms with Crippen molar-refractivity contribution in [1.29, 1.82) is 0 Å². The second-order valence-corrected chi connectivity index (χ2v) is 4.98. The van der Waals surface area contributed by atoms with Gasteiger partial charge in [0.05, 0.1) is 34.6 Å². The fourth-order valence-electron chi connectivity index (χ4n) is 1.48. The Kier molecular flexibility index (Phi) is 7.47. The summed E-state index contributed by atoms with van der Waals surface area (Å²) in [5.41, 5.74) is -0.00319. The van der Waals surface area contributed by atoms with Gasteiger partial charge in [0.1, 0.15) is 0 Å². The fraction of sp³-hybridized carbons (Fsp3) is 0.286. The van der Waals surface area contributed by atoms with E-state index in [-0.39, 0.29) is 34.6 Å². The zero-order valence-corrected chi connectivity index (χ0v) is 14.3. The Morgan fingerprint density at radius 3 is 1.54 bits per heavy atom. The number of rotatable bonds is 4. The molecular weight excluding hydrogens is 363 g/mol. The van der Waals surface area contributed by atoms with E-state index in [1.807, 2.05) is 0 Å². The molecule has 0 aliphatic carbocycles. The molecule has 10 heteroatoms. The first kappa shape index (κ1) is 19.7. The van der Waals surface area contributed by atoms with Crippen LogP contribution in [0.5, 0.6) is 0 Å². The van der Waals surface area contributed by atoms with E-state index >= 15 is 0 Å². The molecule has 1 aromatic carbocycles. The third-order valence-corrected chi connectivity index (χ3v) is 3.10. The normalized spacial score (nSPS) is 9.83. The number of carbonyl (C=O) groups is 4. The Morgan fingerprint density at radius 1 is 0.833 bits per heavy atom. The predicted octanol–water partition coefficient (Wildman–Crippen LogP) is 2.00. The van der Waals surface area contributed by atoms with Gasteiger partial charge in [-0.15, -0.1) is 0 Å². The van der Waals surface area contributed by atoms with E-state index in [2.05, 4.69) is 20.1 Å². The topological polar surface area (TPSA) is 111 Å². The molecule has 0 saturated carbocycles. The summed E-state index contributed by atoms with van der Waals surface area (Å²) in [5, 5.41) is 4.48. The number of amides is 2. The molecule has 0 atom stereocenters. The standard InChI is InChI=1S/C14H14Cl2N2O6/c1-3-23-13(21)11(19)17-9-6-10(8(16)5-7(9)15)18-12(20)14(22)24-4-2/h5-6H,3-4H2,1-2H3,(H,17,19)(H,18,20). The largest absolute Gasteiger partial charge is 0.459 e. The number of nitrogens with one attached hydrogen (secondary N) is 2. The molecule has 2 amide bonds. The summed E-state index contributed by atoms with van der Waals surface area (Å²) in [5.74, 6) is -4.30. The predicted molar refractivity (Wildman–Crippen MR) is 87.0 cm³/mol. The molecule has 0 bridgehead atoms. The molecule has 0 radical (unpaired) electrons. The smallest absolute Gasteiger partial charge is 0.397 e. The second kappa shape index (κ2) is 9.09. The Bertz CT molecular complexity index is 624. The highest BCUT2D eigenvalue weighted by atomic mass is 35.5. The summed E-state index contributed by atoms with van der Waals surface area (Å²) in [7, 11) is 0. The van der Waals surface area contributed by atoms with Crippen LogP contribution in [0.2, 0.25) is 10.0 Å². The number of hydrogen-bond acceptors (Lipinski definition) is 6. The van der Waals surface area contributed by atoms with Crippen LogP contribution in [0.25, 0.3) is 0 Å². The van der Waals surface area contributed by atoms with Gasteiger partial charge in [0.15, 0.2) is 0 Å². The molecule has 0 unspecified atom stereocenters. The summed E-state index contributed by atoms with van der Waals surface area (Å²) in [6.07, 6.45) is 0. The van der Waals surface area contributed by atoms with Crippen LogP contribution in [0.15, 0.2) is 12.1 Å². The molecule has 1 rings (SSSR count). The number of hydrogen-bond donors (Lipinski definition) is 2. The van der Waals surface area contributed by atoms with Crippen LogP contribution in [-0.4, -0.2) is 37.0 Å². The highest BCUT2D eigenvalue weighted by Gasteiger charge is 2.20. The highest BCUT2D eigenvalue weighted by Crippen LogP contribution is 2.32. The van der Waals surface area contributed by atoms with Gasteiger partial charge >= 0.3 is 23.8 Å². The van der Waals surface area contributed by atoms with E-state index in [0.29, 0.717) is 0 Å². The van der Waals surface area contributed by atoms with E-state index in [9.17, 15) is 19.2 Å². The number of carbonyl (C=O) groups excluding carboxylic acids is 4. The molecule has 8 nitrogen and oxygen atoms in total. The van der Waals surface area contributed by atoms with Crippen molar-refractivity contribution in [3.63, 3.8) is 0 Å². The van der Waals surface area contributed by atoms with Crippen molar-refractivity contribution in [3.05, 3.63) is 22.2 Å². The average Bonchev–Trinajstić information content (AvgIpc) is 2.52. The van der Waals surface area contributed by atoms with Gasteiger partial charge in [-0.1, -0.05) is 23.2 Å². The van der Waals surface area contributed by atoms with Crippen LogP contribution in [0.3, 0.4) is 0 Å². The molecule has 0 saturated heterocycles. The van der Waals surface area contributed by atoms with Crippen molar-refractivity contribution in [2.45, 2.75) is 13.8 Å². The lowest BCUT2D eigenvalue weighted by molar-refractivity contribution is -0.152. The first-order valence-electron chi connectivity index (χ1n) is 6.75. The van der Waals surface area contributed by atoms with Crippen LogP contribution >= 0.6 is 23.2 Å². The third-order valence-electron chi connectivity index (χ3n) is 2.47. The van der Waals surface area contributed by atoms with Gasteiger partial charge in [-0.3, -0.25) is 9.59 Å². The van der Waals surface area contributed by atoms with Crippen LogP contribution in [0.4, 0.5) is 11.4 Å². The summed E-state index contributed by atoms with van der Waals surface area (Å²) in [6, 6.07) is 2.42. The quantitative estimate of drug-likeness (QED) is 0.613. The molecule has 1 aromatic rings. The second-order valence-electron chi connectivity index (χ2n) is 4.16. The van der Waals surface area contributed by atoms with Crippen molar-refractivity contribution in [2.75, 3.05) is 23.8 Å². The molecule has 0 aliphatic rings. The van der Waals surface area contributed by atoms with Gasteiger partial charge in [0.2, 0.25) is 0 Å². The van der Waals surface area contributed by atoms with Crippen LogP contribution < -0.4 is 10.6 Å². The van der Waals surface area contributed by atoms with Crippen molar-refractivity contribution in [3.8, 4) is 0 Å². The van der Waals surface area contributed by atoms with E-state index < -0.39 is 23.8 Å². The lowest BCUT2D eigenvalue weighted by Gasteiger charge is -2.11. The fourth-order valence-corrected chi connectivity index (χ4v) is 1.96. The van der Waals surface area contributed by atoms with Crippen LogP contribution in [0.1, 0.15) is 13.8 Å². The monoisotopic (exact) mass is 376 g/mol. The van der Waals surface area contributed by atoms with E-state index in [1.165, 1.54) is 12.1 Å². The number of benzene rings is 1. The molecule has 0 spiro atoms. The molecule has 2 N–H and O–H groups in total. The molecule has 24 heavy (non-hydrogen) atoms. The Balaban J connectivity index is 2.96. The van der Waals surface area contributed by atoms with Crippen molar-refractivity contribution < 1.29 is 28.7 Å². The molecule has 130 valence electrons. The zero-order valence-electron chi connectivity index (χ0n) is 12.8. The minimum Gasteiger partial charge on any atom is -0.459 e. The molecule has 0 fully saturated rings. The number of ether oxygens (including phenoxy) is 2. The molecule has 0 heterocycles. The molecular formula is C14H14Cl2N2O6. The Morgan fingerprint density at radius 2 is 1.21 bits per heavy atom. The van der Waals surface area contributed by atoms with Crippen LogP contribution in [-0.2, 0) is 28.7 Å². The summed E-state index contributed by atoms with van der Waals surface area (Å²) < 4.78 is 9.08. The maximum atomic E-state index is 11.6. The van der Waals surface area contributed by atoms with Crippen molar-refractivity contribution in [1.82, 2.24) is 0 Å². The number of anilines is 2. The van der Waals surface area contributed by atoms with Gasteiger partial charge < -0.3 is 20.1 Å². The summed E-state index contributed by atoms with van der Waals surface area (Å²) in [6.45, 7) is 3.15. The van der Waals surface area contributed by atoms with E-state index in [0.717, 1.165) is 0 Å². The molecule has 0 aromatic heterocycles. The average molecular weight is 377 g/mol. The van der Waals surface area contributed by atoms with Gasteiger partial charge in [-0.2, -0.15) is 0 Å². The number of halogens is 2. The van der Waals surface area contributed by atoms with Crippen LogP contribution in [0, 0.1) is 0 Å². The maximum absolute atomic E-state index is 11.6. The van der Waals surface area contributed by atoms with E-state index in [4.69, 9.17) is 23.2 Å². The van der Waals surface area contributed by atoms with Gasteiger partial charge in [-0.05, 0) is 26.0 Å². The number of esters is 2. The first-order valence-corrected chi connectivity index (χ1v) is 7.50. The minimum atomic E-state index is -1.10. The van der Waals surface area contributed by atoms with Gasteiger partial charge in [-0.25, -0.2) is 9.59 Å². The Labute approximate surface area is 147 Å². The summed E-state index contributed by atoms with van der Waals surface area (Å²) in [4.78, 5) is 45.9. The van der Waals surface area contributed by atoms with Gasteiger partial charge in [0, 0.05) is 0 Å². The van der Waals surface area contributed by atoms with Crippen molar-refractivity contribution in [2.24, 2.45) is 0 Å². The zero-order chi connectivity index (χ0) is 18.3. The molecule has 0 aliphatic heterocycles. The van der Waals surface area contributed by atoms with E-state index in [1.54, 1.807) is 13.8 Å². The lowest BCUT2D eigenvalue weighted by Crippen LogP contribution is -2.26. The third kappa shape index (κ3) is 5.39. The minimum absolute atomic E-state index is 0.00159. The SMILES string of the molecule is CCOC(=O)C(=O)Nc1cc(NC(=O)C(=O)OCC)c(Cl)cc1Cl. The lowest BCUT2D eigenvalue weighted by atomic mass is 10.2. The highest BCUT2D eigenvalue weighted by molar-refractivity contribution is 6.43. The van der Waals surface area contributed by atoms with Gasteiger partial charge in [0.25, 0.3) is 0 Å².